The van der Waals surface area contributed by atoms with Crippen molar-refractivity contribution < 1.29 is 19.4 Å². The fourth-order valence-corrected chi connectivity index (χ4v) is 5.11. The molecule has 2 aromatic carbocycles. The van der Waals surface area contributed by atoms with Crippen LogP contribution in [0.1, 0.15) is 25.3 Å². The van der Waals surface area contributed by atoms with E-state index in [4.69, 9.17) is 4.74 Å². The van der Waals surface area contributed by atoms with Crippen LogP contribution in [-0.2, 0) is 9.59 Å². The van der Waals surface area contributed by atoms with E-state index in [9.17, 15) is 14.7 Å². The van der Waals surface area contributed by atoms with Gasteiger partial charge in [-0.2, -0.15) is 0 Å². The van der Waals surface area contributed by atoms with Crippen LogP contribution in [0.15, 0.2) is 48.5 Å². The average Bonchev–Trinajstić information content (AvgIpc) is 2.66. The zero-order valence-electron chi connectivity index (χ0n) is 17.0. The van der Waals surface area contributed by atoms with Crippen molar-refractivity contribution in [2.45, 2.75) is 31.3 Å². The summed E-state index contributed by atoms with van der Waals surface area (Å²) < 4.78 is 5.46. The van der Waals surface area contributed by atoms with Gasteiger partial charge in [-0.05, 0) is 17.2 Å². The lowest BCUT2D eigenvalue weighted by Gasteiger charge is -2.70. The van der Waals surface area contributed by atoms with Gasteiger partial charge < -0.3 is 19.6 Å². The van der Waals surface area contributed by atoms with Gasteiger partial charge in [-0.1, -0.05) is 42.5 Å². The van der Waals surface area contributed by atoms with E-state index in [1.165, 1.54) is 6.92 Å². The summed E-state index contributed by atoms with van der Waals surface area (Å²) in [5.41, 5.74) is 2.71. The molecule has 0 unspecified atom stereocenters. The number of hydrogen-bond donors (Lipinski definition) is 1. The number of aliphatic hydroxyl groups excluding tert-OH is 1. The highest BCUT2D eigenvalue weighted by atomic mass is 16.5. The molecule has 0 aromatic heterocycles. The minimum Gasteiger partial charge on any atom is -0.496 e. The van der Waals surface area contributed by atoms with E-state index in [1.807, 2.05) is 36.4 Å². The largest absolute Gasteiger partial charge is 0.496 e. The first-order chi connectivity index (χ1) is 13.9. The molecule has 6 heteroatoms. The van der Waals surface area contributed by atoms with Gasteiger partial charge in [0.2, 0.25) is 11.8 Å². The third kappa shape index (κ3) is 2.90. The average molecular weight is 394 g/mol. The molecule has 6 nitrogen and oxygen atoms in total. The predicted molar refractivity (Wildman–Crippen MR) is 110 cm³/mol. The third-order valence-corrected chi connectivity index (χ3v) is 6.36. The summed E-state index contributed by atoms with van der Waals surface area (Å²) in [6.07, 6.45) is 0. The Morgan fingerprint density at radius 1 is 1.07 bits per heavy atom. The van der Waals surface area contributed by atoms with Crippen LogP contribution in [-0.4, -0.2) is 65.1 Å². The lowest BCUT2D eigenvalue weighted by Crippen LogP contribution is -2.85. The molecule has 4 rings (SSSR count). The predicted octanol–water partition coefficient (Wildman–Crippen LogP) is 2.27. The summed E-state index contributed by atoms with van der Waals surface area (Å²) >= 11 is 0. The standard InChI is InChI=1S/C23H26N2O4/c1-15(27)24-13-23(14-24)22(20(12-26)25(23)16(2)28)18-10-8-17(9-11-18)19-6-4-5-7-21(19)29-3/h4-11,20,22,26H,12-14H2,1-3H3/t20-,22+/m1/s1. The lowest BCUT2D eigenvalue weighted by atomic mass is 9.60. The number of ether oxygens (including phenoxy) is 1. The molecule has 2 aliphatic heterocycles. The van der Waals surface area contributed by atoms with Crippen molar-refractivity contribution in [3.63, 3.8) is 0 Å². The van der Waals surface area contributed by atoms with Crippen LogP contribution in [0, 0.1) is 0 Å². The fourth-order valence-electron chi connectivity index (χ4n) is 5.11. The first-order valence-electron chi connectivity index (χ1n) is 9.82. The Balaban J connectivity index is 1.66. The van der Waals surface area contributed by atoms with Crippen LogP contribution in [0.25, 0.3) is 11.1 Å². The number of hydrogen-bond acceptors (Lipinski definition) is 4. The van der Waals surface area contributed by atoms with Crippen LogP contribution in [0.2, 0.25) is 0 Å². The van der Waals surface area contributed by atoms with E-state index in [0.29, 0.717) is 13.1 Å². The minimum atomic E-state index is -0.420. The van der Waals surface area contributed by atoms with Crippen LogP contribution >= 0.6 is 0 Å². The molecule has 29 heavy (non-hydrogen) atoms. The van der Waals surface area contributed by atoms with Crippen molar-refractivity contribution in [2.75, 3.05) is 26.8 Å². The van der Waals surface area contributed by atoms with E-state index in [0.717, 1.165) is 22.4 Å². The van der Waals surface area contributed by atoms with E-state index >= 15 is 0 Å². The number of aliphatic hydroxyl groups is 1. The number of rotatable bonds is 4. The van der Waals surface area contributed by atoms with Crippen LogP contribution in [0.3, 0.4) is 0 Å². The van der Waals surface area contributed by atoms with E-state index in [2.05, 4.69) is 12.1 Å². The van der Waals surface area contributed by atoms with E-state index < -0.39 is 5.54 Å². The number of nitrogens with zero attached hydrogens (tertiary/aromatic N) is 2. The maximum Gasteiger partial charge on any atom is 0.220 e. The number of amides is 2. The Morgan fingerprint density at radius 2 is 1.72 bits per heavy atom. The molecule has 1 N–H and O–H groups in total. The molecule has 0 bridgehead atoms. The Hall–Kier alpha value is -2.86. The molecule has 2 fully saturated rings. The van der Waals surface area contributed by atoms with E-state index in [1.54, 1.807) is 23.8 Å². The zero-order valence-corrected chi connectivity index (χ0v) is 17.0. The van der Waals surface area contributed by atoms with Gasteiger partial charge in [-0.3, -0.25) is 9.59 Å². The third-order valence-electron chi connectivity index (χ3n) is 6.36. The molecule has 2 aromatic rings. The molecule has 2 saturated heterocycles. The van der Waals surface area contributed by atoms with Crippen molar-refractivity contribution in [3.8, 4) is 16.9 Å². The second-order valence-corrected chi connectivity index (χ2v) is 7.92. The van der Waals surface area contributed by atoms with Gasteiger partial charge in [0.1, 0.15) is 5.75 Å². The van der Waals surface area contributed by atoms with Crippen LogP contribution in [0.4, 0.5) is 0 Å². The number of para-hydroxylation sites is 1. The van der Waals surface area contributed by atoms with Crippen LogP contribution in [0.5, 0.6) is 5.75 Å². The van der Waals surface area contributed by atoms with Crippen molar-refractivity contribution >= 4 is 11.8 Å². The number of likely N-dealkylation sites (tertiary alicyclic amines) is 2. The smallest absolute Gasteiger partial charge is 0.220 e. The molecule has 2 heterocycles. The molecule has 152 valence electrons. The monoisotopic (exact) mass is 394 g/mol. The summed E-state index contributed by atoms with van der Waals surface area (Å²) in [4.78, 5) is 27.5. The summed E-state index contributed by atoms with van der Waals surface area (Å²) in [5, 5.41) is 9.97. The van der Waals surface area contributed by atoms with Crippen molar-refractivity contribution in [2.24, 2.45) is 0 Å². The minimum absolute atomic E-state index is 0.00119. The Kier molecular flexibility index (Phi) is 4.82. The second kappa shape index (κ2) is 7.19. The highest BCUT2D eigenvalue weighted by Gasteiger charge is 2.67. The van der Waals surface area contributed by atoms with Gasteiger partial charge in [0.05, 0.1) is 25.3 Å². The van der Waals surface area contributed by atoms with Gasteiger partial charge >= 0.3 is 0 Å². The normalized spacial score (nSPS) is 22.1. The highest BCUT2D eigenvalue weighted by Crippen LogP contribution is 2.54. The first-order valence-corrected chi connectivity index (χ1v) is 9.82. The molecule has 2 atom stereocenters. The summed E-state index contributed by atoms with van der Waals surface area (Å²) in [6, 6.07) is 15.8. The molecular weight excluding hydrogens is 368 g/mol. The molecule has 0 saturated carbocycles. The molecule has 2 aliphatic rings. The van der Waals surface area contributed by atoms with Crippen molar-refractivity contribution in [3.05, 3.63) is 54.1 Å². The first kappa shape index (κ1) is 19.5. The second-order valence-electron chi connectivity index (χ2n) is 7.92. The molecule has 0 radical (unpaired) electrons. The SMILES string of the molecule is COc1ccccc1-c1ccc([C@H]2[C@@H](CO)N(C(C)=O)C23CN(C(C)=O)C3)cc1. The van der Waals surface area contributed by atoms with Gasteiger partial charge in [-0.15, -0.1) is 0 Å². The van der Waals surface area contributed by atoms with Gasteiger partial charge in [0, 0.05) is 38.4 Å². The van der Waals surface area contributed by atoms with Gasteiger partial charge in [0.15, 0.2) is 0 Å². The number of carbonyl (C=O) groups is 2. The fraction of sp³-hybridized carbons (Fsp3) is 0.391. The number of methoxy groups -OCH3 is 1. The maximum atomic E-state index is 12.3. The number of carbonyl (C=O) groups excluding carboxylic acids is 2. The lowest BCUT2D eigenvalue weighted by molar-refractivity contribution is -0.200. The molecule has 0 aliphatic carbocycles. The summed E-state index contributed by atoms with van der Waals surface area (Å²) in [6.45, 7) is 4.00. The maximum absolute atomic E-state index is 12.3. The Morgan fingerprint density at radius 3 is 2.28 bits per heavy atom. The Bertz CT molecular complexity index is 934. The Labute approximate surface area is 170 Å². The van der Waals surface area contributed by atoms with Crippen molar-refractivity contribution in [1.82, 2.24) is 9.80 Å². The summed E-state index contributed by atoms with van der Waals surface area (Å²) in [7, 11) is 1.66. The van der Waals surface area contributed by atoms with Gasteiger partial charge in [-0.25, -0.2) is 0 Å². The molecular formula is C23H26N2O4. The topological polar surface area (TPSA) is 70.1 Å². The van der Waals surface area contributed by atoms with Gasteiger partial charge in [0.25, 0.3) is 0 Å². The zero-order chi connectivity index (χ0) is 20.8. The van der Waals surface area contributed by atoms with E-state index in [-0.39, 0.29) is 30.4 Å². The summed E-state index contributed by atoms with van der Waals surface area (Å²) in [5.74, 6) is 0.761. The molecule has 1 spiro atoms. The highest BCUT2D eigenvalue weighted by molar-refractivity contribution is 5.80. The van der Waals surface area contributed by atoms with Crippen molar-refractivity contribution in [1.29, 1.82) is 0 Å². The number of benzene rings is 2. The van der Waals surface area contributed by atoms with Crippen LogP contribution < -0.4 is 4.74 Å². The quantitative estimate of drug-likeness (QED) is 0.864. The molecule has 2 amide bonds.